The van der Waals surface area contributed by atoms with Gasteiger partial charge in [-0.05, 0) is 118 Å². The highest BCUT2D eigenvalue weighted by atomic mass is 32.2. The third kappa shape index (κ3) is 15.5. The molecule has 5 rings (SSSR count). The van der Waals surface area contributed by atoms with Crippen molar-refractivity contribution >= 4 is 61.3 Å². The number of phenolic OH excluding ortho intramolecular Hbond substituents is 2. The summed E-state index contributed by atoms with van der Waals surface area (Å²) >= 11 is 5.91. The molecule has 0 saturated heterocycles. The number of ether oxygens (including phenoxy) is 2. The Morgan fingerprint density at radius 3 is 0.771 bits per heavy atom. The summed E-state index contributed by atoms with van der Waals surface area (Å²) in [5, 5.41) is 25.5. The molecule has 0 aliphatic carbocycles. The molecule has 0 saturated carbocycles. The highest BCUT2D eigenvalue weighted by molar-refractivity contribution is 8.01. The van der Waals surface area contributed by atoms with E-state index in [-0.39, 0.29) is 45.9 Å². The van der Waals surface area contributed by atoms with Gasteiger partial charge in [0, 0.05) is 24.6 Å². The Hall–Kier alpha value is -2.06. The van der Waals surface area contributed by atoms with Crippen LogP contribution in [0.1, 0.15) is 184 Å². The van der Waals surface area contributed by atoms with E-state index < -0.39 is 14.3 Å². The molecular formula is C58H86O6P2S4. The molecule has 4 aromatic rings. The van der Waals surface area contributed by atoms with Crippen LogP contribution in [0.25, 0.3) is 0 Å². The first-order valence-electron chi connectivity index (χ1n) is 25.8. The van der Waals surface area contributed by atoms with Crippen molar-refractivity contribution in [2.75, 3.05) is 37.3 Å². The maximum atomic E-state index is 14.8. The Bertz CT molecular complexity index is 2250. The summed E-state index contributed by atoms with van der Waals surface area (Å²) in [6, 6.07) is 17.1. The highest BCUT2D eigenvalue weighted by Crippen LogP contribution is 2.58. The predicted molar refractivity (Wildman–Crippen MR) is 306 cm³/mol. The van der Waals surface area contributed by atoms with E-state index in [0.29, 0.717) is 55.7 Å². The monoisotopic (exact) mass is 1070 g/mol. The van der Waals surface area contributed by atoms with Gasteiger partial charge in [0.15, 0.2) is 0 Å². The molecule has 6 nitrogen and oxygen atoms in total. The summed E-state index contributed by atoms with van der Waals surface area (Å²) in [7, 11) is -5.45. The molecule has 12 heteroatoms. The van der Waals surface area contributed by atoms with Crippen molar-refractivity contribution in [2.45, 2.75) is 223 Å². The van der Waals surface area contributed by atoms with Gasteiger partial charge in [-0.15, -0.1) is 0 Å². The van der Waals surface area contributed by atoms with E-state index in [1.54, 1.807) is 0 Å². The molecule has 70 heavy (non-hydrogen) atoms. The predicted octanol–water partition coefficient (Wildman–Crippen LogP) is 19.8. The number of phenols is 2. The van der Waals surface area contributed by atoms with Crippen molar-refractivity contribution in [3.63, 3.8) is 0 Å². The zero-order valence-corrected chi connectivity index (χ0v) is 50.6. The number of aromatic hydroxyl groups is 2. The molecule has 0 spiro atoms. The molecular weight excluding hydrogens is 983 g/mol. The fourth-order valence-corrected chi connectivity index (χ4v) is 17.9. The van der Waals surface area contributed by atoms with E-state index >= 15 is 0 Å². The molecule has 2 N–H and O–H groups in total. The van der Waals surface area contributed by atoms with E-state index in [4.69, 9.17) is 9.47 Å². The van der Waals surface area contributed by atoms with Crippen molar-refractivity contribution in [3.05, 3.63) is 70.8 Å². The van der Waals surface area contributed by atoms with E-state index in [1.165, 1.54) is 47.0 Å². The van der Waals surface area contributed by atoms with Crippen molar-refractivity contribution in [1.29, 1.82) is 0 Å². The summed E-state index contributed by atoms with van der Waals surface area (Å²) in [5.74, 6) is 1.53. The second kappa shape index (κ2) is 24.1. The second-order valence-corrected chi connectivity index (χ2v) is 34.5. The van der Waals surface area contributed by atoms with Gasteiger partial charge in [0.05, 0.1) is 39.2 Å². The first kappa shape index (κ1) is 58.8. The quantitative estimate of drug-likeness (QED) is 0.0827. The molecule has 388 valence electrons. The number of rotatable bonds is 18. The summed E-state index contributed by atoms with van der Waals surface area (Å²) in [5.41, 5.74) is 3.19. The fourth-order valence-electron chi connectivity index (χ4n) is 8.05. The van der Waals surface area contributed by atoms with Crippen LogP contribution < -0.4 is 9.47 Å². The SMILES string of the molecule is CCCCP(=O)(CCCC)COc1c2cc(C(C)(C)C)cc1Sc1cc(C(C)(C)C)cc(c1O)Sc1cc(C(C)(C)C)cc(c1OCP(=O)(CCCC)CCCC)Sc1cc(C(C)(C)C)cc(c1O)S2. The Labute approximate surface area is 441 Å². The Morgan fingerprint density at radius 1 is 0.386 bits per heavy atom. The average molecular weight is 1070 g/mol. The van der Waals surface area contributed by atoms with Crippen LogP contribution in [0.2, 0.25) is 0 Å². The van der Waals surface area contributed by atoms with Gasteiger partial charge in [-0.3, -0.25) is 0 Å². The fraction of sp³-hybridized carbons (Fsp3) is 0.586. The minimum Gasteiger partial charge on any atom is -0.506 e. The van der Waals surface area contributed by atoms with Crippen molar-refractivity contribution < 1.29 is 28.8 Å². The van der Waals surface area contributed by atoms with E-state index in [0.717, 1.165) is 93.2 Å². The Kier molecular flexibility index (Phi) is 20.2. The standard InChI is InChI=1S/C58H86O6P2S4/c1-17-21-25-65(61,26-22-18-2)37-63-53-47-33-41(57(11,12)13)34-48(53)68-44-30-40(56(8,9)10)32-46(52(44)60)70-50-36-42(58(14,15)16)35-49(54(50)64-38-66(62,27-23-19-3)28-24-20-4)69-45-31-39(55(5,6)7)29-43(67-47)51(45)59/h29-36,59-60H,17-28,37-38H2,1-16H3. The summed E-state index contributed by atoms with van der Waals surface area (Å²) in [4.78, 5) is 5.98. The van der Waals surface area contributed by atoms with Crippen LogP contribution in [0.3, 0.4) is 0 Å². The van der Waals surface area contributed by atoms with Crippen LogP contribution in [0.4, 0.5) is 0 Å². The van der Waals surface area contributed by atoms with Gasteiger partial charge in [0.25, 0.3) is 0 Å². The Morgan fingerprint density at radius 2 is 0.586 bits per heavy atom. The van der Waals surface area contributed by atoms with Crippen LogP contribution >= 0.6 is 61.3 Å². The summed E-state index contributed by atoms with van der Waals surface area (Å²) < 4.78 is 43.7. The van der Waals surface area contributed by atoms with Crippen LogP contribution in [0, 0.1) is 0 Å². The lowest BCUT2D eigenvalue weighted by Crippen LogP contribution is -2.14. The number of hydrogen-bond donors (Lipinski definition) is 2. The average Bonchev–Trinajstić information content (AvgIpc) is 3.26. The topological polar surface area (TPSA) is 93.1 Å². The third-order valence-electron chi connectivity index (χ3n) is 13.0. The molecule has 8 bridgehead atoms. The maximum Gasteiger partial charge on any atom is 0.147 e. The molecule has 0 unspecified atom stereocenters. The number of fused-ring (bicyclic) bond motifs is 8. The molecule has 0 atom stereocenters. The zero-order valence-electron chi connectivity index (χ0n) is 45.6. The second-order valence-electron chi connectivity index (χ2n) is 23.6. The third-order valence-corrected chi connectivity index (χ3v) is 23.0. The first-order chi connectivity index (χ1) is 32.5. The van der Waals surface area contributed by atoms with Crippen molar-refractivity contribution in [3.8, 4) is 23.0 Å². The normalized spacial score (nSPS) is 13.9. The molecule has 0 radical (unpaired) electrons. The number of unbranched alkanes of at least 4 members (excludes halogenated alkanes) is 4. The van der Waals surface area contributed by atoms with Crippen LogP contribution in [-0.2, 0) is 30.8 Å². The van der Waals surface area contributed by atoms with E-state index in [9.17, 15) is 19.3 Å². The largest absolute Gasteiger partial charge is 0.506 e. The van der Waals surface area contributed by atoms with Gasteiger partial charge in [-0.1, -0.05) is 184 Å². The smallest absolute Gasteiger partial charge is 0.147 e. The molecule has 1 heterocycles. The molecule has 1 aliphatic rings. The van der Waals surface area contributed by atoms with Crippen LogP contribution in [-0.4, -0.2) is 47.6 Å². The molecule has 1 aliphatic heterocycles. The van der Waals surface area contributed by atoms with Crippen LogP contribution in [0.15, 0.2) is 87.7 Å². The zero-order chi connectivity index (χ0) is 52.0. The van der Waals surface area contributed by atoms with Crippen molar-refractivity contribution in [1.82, 2.24) is 0 Å². The summed E-state index contributed by atoms with van der Waals surface area (Å²) in [6.45, 7) is 34.9. The maximum absolute atomic E-state index is 14.8. The van der Waals surface area contributed by atoms with Gasteiger partial charge in [-0.25, -0.2) is 0 Å². The van der Waals surface area contributed by atoms with E-state index in [1.807, 2.05) is 0 Å². The minimum absolute atomic E-state index is 0.116. The molecule has 0 fully saturated rings. The molecule has 0 amide bonds. The molecule has 4 aromatic carbocycles. The van der Waals surface area contributed by atoms with Crippen molar-refractivity contribution in [2.24, 2.45) is 0 Å². The van der Waals surface area contributed by atoms with E-state index in [2.05, 4.69) is 159 Å². The van der Waals surface area contributed by atoms with Gasteiger partial charge in [0.2, 0.25) is 0 Å². The number of benzene rings is 4. The molecule has 0 aromatic heterocycles. The lowest BCUT2D eigenvalue weighted by molar-refractivity contribution is 0.356. The van der Waals surface area contributed by atoms with Gasteiger partial charge >= 0.3 is 0 Å². The van der Waals surface area contributed by atoms with Gasteiger partial charge in [0.1, 0.15) is 50.0 Å². The highest BCUT2D eigenvalue weighted by Gasteiger charge is 2.32. The minimum atomic E-state index is -2.72. The number of hydrogen-bond acceptors (Lipinski definition) is 10. The first-order valence-corrected chi connectivity index (χ1v) is 33.6. The van der Waals surface area contributed by atoms with Crippen LogP contribution in [0.5, 0.6) is 23.0 Å². The lowest BCUT2D eigenvalue weighted by Gasteiger charge is -2.28. The van der Waals surface area contributed by atoms with Gasteiger partial charge in [-0.2, -0.15) is 0 Å². The summed E-state index contributed by atoms with van der Waals surface area (Å²) in [6.07, 6.45) is 10.1. The lowest BCUT2D eigenvalue weighted by atomic mass is 9.87. The van der Waals surface area contributed by atoms with Gasteiger partial charge < -0.3 is 28.8 Å². The Balaban J connectivity index is 1.92.